The number of furan rings is 2. The lowest BCUT2D eigenvalue weighted by atomic mass is 9.95. The summed E-state index contributed by atoms with van der Waals surface area (Å²) in [6, 6.07) is 0.414. The van der Waals surface area contributed by atoms with Gasteiger partial charge in [-0.1, -0.05) is 57.8 Å². The number of hydrogen-bond acceptors (Lipinski definition) is 16. The normalized spacial score (nSPS) is 15.1. The molecule has 2 aromatic rings. The van der Waals surface area contributed by atoms with Gasteiger partial charge in [0.2, 0.25) is 17.7 Å². The monoisotopic (exact) mass is 1090 g/mol. The van der Waals surface area contributed by atoms with Crippen molar-refractivity contribution in [2.45, 2.75) is 167 Å². The van der Waals surface area contributed by atoms with Crippen LogP contribution in [0.25, 0.3) is 5.53 Å². The third kappa shape index (κ3) is 22.7. The van der Waals surface area contributed by atoms with E-state index in [1.165, 1.54) is 47.2 Å². The quantitative estimate of drug-likeness (QED) is 0.0143. The molecule has 1 saturated heterocycles. The Labute approximate surface area is 453 Å². The van der Waals surface area contributed by atoms with Gasteiger partial charge in [0.15, 0.2) is 0 Å². The predicted molar refractivity (Wildman–Crippen MR) is 278 cm³/mol. The molecule has 7 amide bonds. The maximum absolute atomic E-state index is 12.8. The number of ketones is 1. The molecule has 3 saturated carbocycles. The van der Waals surface area contributed by atoms with E-state index in [-0.39, 0.29) is 64.0 Å². The summed E-state index contributed by atoms with van der Waals surface area (Å²) >= 11 is 0. The third-order valence-electron chi connectivity index (χ3n) is 12.9. The molecule has 1 aliphatic heterocycles. The van der Waals surface area contributed by atoms with E-state index in [9.17, 15) is 52.7 Å². The first-order valence-electron chi connectivity index (χ1n) is 26.4. The zero-order valence-corrected chi connectivity index (χ0v) is 45.3. The van der Waals surface area contributed by atoms with Crippen LogP contribution in [0.15, 0.2) is 21.4 Å². The van der Waals surface area contributed by atoms with Crippen molar-refractivity contribution in [2.24, 2.45) is 0 Å². The Balaban J connectivity index is 0.000000288. The highest BCUT2D eigenvalue weighted by Gasteiger charge is 2.32. The highest BCUT2D eigenvalue weighted by Crippen LogP contribution is 2.25. The molecule has 426 valence electrons. The molecular weight excluding hydrogens is 1020 g/mol. The first kappa shape index (κ1) is 64.4. The number of hydrogen-bond donors (Lipinski definition) is 5. The summed E-state index contributed by atoms with van der Waals surface area (Å²) in [5, 5.41) is 14.1. The highest BCUT2D eigenvalue weighted by atomic mass is 16.5. The fourth-order valence-corrected chi connectivity index (χ4v) is 8.94. The molecule has 4 aliphatic rings. The van der Waals surface area contributed by atoms with E-state index in [4.69, 9.17) is 19.1 Å². The van der Waals surface area contributed by atoms with Gasteiger partial charge in [0.1, 0.15) is 29.6 Å². The highest BCUT2D eigenvalue weighted by molar-refractivity contribution is 6.42. The number of rotatable bonds is 17. The standard InChI is InChI=1S/C19H26N2O6.C18H26N2O5.C11H15NO3.C6H7N3O2/c1-12(22)20-10-6-9-15-16(14(11-27-15)17(23)19(25)26-2)18(24)21-13-7-4-3-5-8-13;1-12(21)19-10-6-9-15-16(18(23)24-2)14(11-25-15)17(22)20-13-7-4-3-5-8-13;1-15-11(14)8-7-10(13)12-9-5-3-2-4-6-9;7-8-4-6(11)9-3-1-2-5(9)10/h11,13H,3-10H2,1-2H3,(H,20,22)(H,21,24);11,13H,3-10H2,1-2H3,(H,19,21)(H,20,22);9H,2-6H2,1H3,(H,12,13);4H,1-3H2. The molecule has 4 fully saturated rings. The summed E-state index contributed by atoms with van der Waals surface area (Å²) < 4.78 is 24.5. The van der Waals surface area contributed by atoms with Crippen molar-refractivity contribution in [1.29, 1.82) is 0 Å². The van der Waals surface area contributed by atoms with E-state index in [0.717, 1.165) is 108 Å². The summed E-state index contributed by atoms with van der Waals surface area (Å²) in [6.45, 7) is 4.19. The van der Waals surface area contributed by atoms with Gasteiger partial charge in [0.25, 0.3) is 23.5 Å². The number of likely N-dealkylation sites (tertiary alicyclic amines) is 1. The average molecular weight is 1090 g/mol. The topological polar surface area (TPSA) is 342 Å². The van der Waals surface area contributed by atoms with Crippen molar-refractivity contribution in [2.75, 3.05) is 41.0 Å². The van der Waals surface area contributed by atoms with Crippen LogP contribution in [0.5, 0.6) is 0 Å². The van der Waals surface area contributed by atoms with E-state index in [2.05, 4.69) is 52.7 Å². The molecule has 24 heteroatoms. The van der Waals surface area contributed by atoms with Crippen molar-refractivity contribution in [3.63, 3.8) is 0 Å². The van der Waals surface area contributed by atoms with Crippen molar-refractivity contribution < 1.29 is 80.6 Å². The summed E-state index contributed by atoms with van der Waals surface area (Å²) in [7, 11) is 3.62. The number of carbonyl (C=O) groups excluding carboxylic acids is 11. The molecule has 6 rings (SSSR count). The van der Waals surface area contributed by atoms with Crippen LogP contribution in [-0.4, -0.2) is 140 Å². The number of carbonyl (C=O) groups is 11. The number of nitrogens with one attached hydrogen (secondary N) is 5. The number of nitrogens with zero attached hydrogens (tertiary/aromatic N) is 3. The Bertz CT molecular complexity index is 2520. The number of esters is 3. The number of ether oxygens (including phenoxy) is 3. The number of imide groups is 1. The van der Waals surface area contributed by atoms with Gasteiger partial charge in [-0.2, -0.15) is 4.79 Å². The summed E-state index contributed by atoms with van der Waals surface area (Å²) in [6.07, 6.45) is 22.1. The van der Waals surface area contributed by atoms with E-state index in [1.54, 1.807) is 0 Å². The molecule has 0 unspecified atom stereocenters. The summed E-state index contributed by atoms with van der Waals surface area (Å²) in [5.41, 5.74) is 8.38. The van der Waals surface area contributed by atoms with E-state index in [1.807, 2.05) is 0 Å². The molecule has 3 heterocycles. The minimum atomic E-state index is -1.05. The molecule has 2 aromatic heterocycles. The van der Waals surface area contributed by atoms with Crippen LogP contribution >= 0.6 is 0 Å². The average Bonchev–Trinajstić information content (AvgIpc) is 4.21. The number of aryl methyl sites for hydroxylation is 2. The lowest BCUT2D eigenvalue weighted by Gasteiger charge is -2.22. The molecule has 0 bridgehead atoms. The Morgan fingerprint density at radius 3 is 1.58 bits per heavy atom. The van der Waals surface area contributed by atoms with Gasteiger partial charge >= 0.3 is 30.0 Å². The van der Waals surface area contributed by atoms with E-state index in [0.29, 0.717) is 69.7 Å². The fraction of sp³-hybridized carbons (Fsp3) is 0.593. The Morgan fingerprint density at radius 2 is 1.13 bits per heavy atom. The number of Topliss-reactive ketones (excluding diaryl/α,β-unsaturated/α-hetero) is 1. The van der Waals surface area contributed by atoms with Crippen molar-refractivity contribution in [3.05, 3.63) is 51.8 Å². The van der Waals surface area contributed by atoms with Gasteiger partial charge in [0, 0.05) is 82.7 Å². The van der Waals surface area contributed by atoms with Crippen LogP contribution in [-0.2, 0) is 60.6 Å². The molecule has 0 atom stereocenters. The molecule has 24 nitrogen and oxygen atoms in total. The zero-order valence-electron chi connectivity index (χ0n) is 45.3. The van der Waals surface area contributed by atoms with Gasteiger partial charge < -0.3 is 55.2 Å². The third-order valence-corrected chi connectivity index (χ3v) is 12.9. The lowest BCUT2D eigenvalue weighted by molar-refractivity contribution is -0.139. The smallest absolute Gasteiger partial charge is 0.384 e. The van der Waals surface area contributed by atoms with Gasteiger partial charge in [-0.05, 0) is 57.8 Å². The van der Waals surface area contributed by atoms with Crippen LogP contribution in [0, 0.1) is 11.8 Å². The maximum atomic E-state index is 12.8. The van der Waals surface area contributed by atoms with Gasteiger partial charge in [0.05, 0.1) is 38.0 Å². The van der Waals surface area contributed by atoms with Crippen molar-refractivity contribution in [1.82, 2.24) is 31.5 Å². The first-order valence-corrected chi connectivity index (χ1v) is 26.4. The fourth-order valence-electron chi connectivity index (χ4n) is 8.94. The van der Waals surface area contributed by atoms with Crippen LogP contribution in [0.4, 0.5) is 0 Å². The molecule has 78 heavy (non-hydrogen) atoms. The van der Waals surface area contributed by atoms with Crippen LogP contribution in [0.2, 0.25) is 0 Å². The predicted octanol–water partition coefficient (Wildman–Crippen LogP) is 4.01. The number of amides is 7. The summed E-state index contributed by atoms with van der Waals surface area (Å²) in [5.74, 6) is -0.322. The number of methoxy groups -OCH3 is 3. The second kappa shape index (κ2) is 35.4. The van der Waals surface area contributed by atoms with Gasteiger partial charge in [-0.3, -0.25) is 43.3 Å². The second-order valence-corrected chi connectivity index (χ2v) is 18.8. The van der Waals surface area contributed by atoms with E-state index >= 15 is 0 Å². The second-order valence-electron chi connectivity index (χ2n) is 18.8. The molecule has 0 spiro atoms. The SMILES string of the molecule is COC(=O)C#CC(=O)NC1CCCCC1.COC(=O)C(=O)c1coc(CCCNC(C)=O)c1C(=O)NC1CCCCC1.COC(=O)c1c(C(=O)NC2CCCCC2)coc1CCCNC(C)=O.[N-]=[N+]=CC(=O)N1CCCC1=O. The first-order chi connectivity index (χ1) is 37.4. The molecular formula is C54H74N8O16. The minimum absolute atomic E-state index is 0.0504. The van der Waals surface area contributed by atoms with Crippen LogP contribution in [0.1, 0.15) is 189 Å². The Hall–Kier alpha value is -7.93. The summed E-state index contributed by atoms with van der Waals surface area (Å²) in [4.78, 5) is 130. The van der Waals surface area contributed by atoms with Crippen molar-refractivity contribution in [3.8, 4) is 11.8 Å². The van der Waals surface area contributed by atoms with Crippen LogP contribution in [0.3, 0.4) is 0 Å². The van der Waals surface area contributed by atoms with Crippen molar-refractivity contribution >= 4 is 71.3 Å². The minimum Gasteiger partial charge on any atom is -0.468 e. The largest absolute Gasteiger partial charge is 0.468 e. The zero-order chi connectivity index (χ0) is 57.4. The molecule has 0 radical (unpaired) electrons. The van der Waals surface area contributed by atoms with Crippen LogP contribution < -0.4 is 26.6 Å². The molecule has 3 aliphatic carbocycles. The Morgan fingerprint density at radius 1 is 0.641 bits per heavy atom. The lowest BCUT2D eigenvalue weighted by Crippen LogP contribution is -2.37. The van der Waals surface area contributed by atoms with Gasteiger partial charge in [-0.25, -0.2) is 14.4 Å². The van der Waals surface area contributed by atoms with E-state index < -0.39 is 41.4 Å². The maximum Gasteiger partial charge on any atom is 0.384 e. The van der Waals surface area contributed by atoms with Gasteiger partial charge in [-0.15, -0.1) is 0 Å². The molecule has 5 N–H and O–H groups in total. The Kier molecular flexibility index (Phi) is 29.2. The molecule has 0 aromatic carbocycles.